The average molecular weight is 481 g/mol. The van der Waals surface area contributed by atoms with Gasteiger partial charge in [0.2, 0.25) is 11.8 Å². The Bertz CT molecular complexity index is 1130. The predicted molar refractivity (Wildman–Crippen MR) is 129 cm³/mol. The third-order valence-electron chi connectivity index (χ3n) is 6.56. The van der Waals surface area contributed by atoms with Crippen LogP contribution in [0.4, 0.5) is 10.1 Å². The van der Waals surface area contributed by atoms with Gasteiger partial charge >= 0.3 is 0 Å². The summed E-state index contributed by atoms with van der Waals surface area (Å²) in [7, 11) is 1.33. The second kappa shape index (κ2) is 10.4. The number of hydrogen-bond acceptors (Lipinski definition) is 6. The number of nitrogens with one attached hydrogen (secondary N) is 3. The van der Waals surface area contributed by atoms with Gasteiger partial charge in [-0.2, -0.15) is 0 Å². The average Bonchev–Trinajstić information content (AvgIpc) is 3.54. The van der Waals surface area contributed by atoms with Crippen molar-refractivity contribution < 1.29 is 23.5 Å². The van der Waals surface area contributed by atoms with Crippen LogP contribution in [-0.2, 0) is 19.1 Å². The summed E-state index contributed by atoms with van der Waals surface area (Å²) in [6, 6.07) is 15.4. The van der Waals surface area contributed by atoms with Crippen LogP contribution in [0, 0.1) is 5.41 Å². The van der Waals surface area contributed by atoms with Gasteiger partial charge in [0, 0.05) is 37.2 Å². The van der Waals surface area contributed by atoms with Crippen molar-refractivity contribution in [1.82, 2.24) is 10.2 Å². The number of methoxy groups -OCH3 is 1. The van der Waals surface area contributed by atoms with Crippen LogP contribution in [0.15, 0.2) is 54.6 Å². The maximum atomic E-state index is 14.7. The molecular formula is C26H29FN4O4. The Kier molecular flexibility index (Phi) is 7.25. The monoisotopic (exact) mass is 480 g/mol. The molecule has 35 heavy (non-hydrogen) atoms. The van der Waals surface area contributed by atoms with E-state index in [0.29, 0.717) is 11.3 Å². The number of benzene rings is 2. The number of anilines is 1. The molecule has 0 unspecified atom stereocenters. The van der Waals surface area contributed by atoms with Crippen molar-refractivity contribution in [3.05, 3.63) is 65.7 Å². The standard InChI is InChI=1S/C26H29FN4O4/c1-15(32)23(28)17-10-6-7-11-20(17)29-13-22(33)31-14-19(27)25(35-2)24(31)26(34)30-21-12-18(21)16-8-4-3-5-9-16/h3-11,18-19,21,24-25,28-29H,12-14H2,1-2H3,(H,30,34)/t18-,19-,21+,24-,25+/m0/s1. The largest absolute Gasteiger partial charge is 0.376 e. The summed E-state index contributed by atoms with van der Waals surface area (Å²) in [4.78, 5) is 39.1. The van der Waals surface area contributed by atoms with Crippen LogP contribution in [-0.4, -0.2) is 72.8 Å². The van der Waals surface area contributed by atoms with Crippen molar-refractivity contribution in [2.24, 2.45) is 0 Å². The van der Waals surface area contributed by atoms with Gasteiger partial charge in [0.05, 0.1) is 13.1 Å². The molecule has 4 rings (SSSR count). The Labute approximate surface area is 203 Å². The first-order chi connectivity index (χ1) is 16.8. The number of Topliss-reactive ketones (excluding diaryl/α,β-unsaturated/α-hetero) is 1. The highest BCUT2D eigenvalue weighted by Gasteiger charge is 2.50. The molecule has 8 nitrogen and oxygen atoms in total. The lowest BCUT2D eigenvalue weighted by Gasteiger charge is -2.27. The molecule has 2 fully saturated rings. The highest BCUT2D eigenvalue weighted by Crippen LogP contribution is 2.41. The zero-order valence-corrected chi connectivity index (χ0v) is 19.7. The zero-order valence-electron chi connectivity index (χ0n) is 19.7. The first-order valence-corrected chi connectivity index (χ1v) is 11.6. The second-order valence-corrected chi connectivity index (χ2v) is 8.91. The van der Waals surface area contributed by atoms with E-state index in [4.69, 9.17) is 10.1 Å². The molecule has 1 aliphatic heterocycles. The van der Waals surface area contributed by atoms with Crippen LogP contribution in [0.1, 0.15) is 30.4 Å². The number of halogens is 1. The summed E-state index contributed by atoms with van der Waals surface area (Å²) in [6.07, 6.45) is -1.78. The van der Waals surface area contributed by atoms with Gasteiger partial charge in [-0.15, -0.1) is 0 Å². The van der Waals surface area contributed by atoms with E-state index in [1.54, 1.807) is 24.3 Å². The van der Waals surface area contributed by atoms with Crippen LogP contribution >= 0.6 is 0 Å². The van der Waals surface area contributed by atoms with Crippen molar-refractivity contribution >= 4 is 29.0 Å². The van der Waals surface area contributed by atoms with Crippen LogP contribution in [0.2, 0.25) is 0 Å². The Balaban J connectivity index is 1.43. The van der Waals surface area contributed by atoms with Gasteiger partial charge in [-0.05, 0) is 18.1 Å². The molecule has 1 heterocycles. The molecule has 0 spiro atoms. The van der Waals surface area contributed by atoms with Crippen molar-refractivity contribution in [1.29, 1.82) is 5.41 Å². The van der Waals surface area contributed by atoms with Crippen molar-refractivity contribution in [2.75, 3.05) is 25.5 Å². The van der Waals surface area contributed by atoms with Gasteiger partial charge in [0.15, 0.2) is 5.78 Å². The molecule has 2 aromatic carbocycles. The minimum atomic E-state index is -1.50. The van der Waals surface area contributed by atoms with E-state index in [-0.39, 0.29) is 30.8 Å². The summed E-state index contributed by atoms with van der Waals surface area (Å²) in [6.45, 7) is 0.812. The lowest BCUT2D eigenvalue weighted by Crippen LogP contribution is -2.52. The van der Waals surface area contributed by atoms with Gasteiger partial charge in [0.25, 0.3) is 0 Å². The molecule has 2 aliphatic rings. The number of rotatable bonds is 9. The number of para-hydroxylation sites is 1. The number of nitrogens with zero attached hydrogens (tertiary/aromatic N) is 1. The Morgan fingerprint density at radius 3 is 2.49 bits per heavy atom. The molecule has 0 radical (unpaired) electrons. The third kappa shape index (κ3) is 5.24. The molecule has 1 aliphatic carbocycles. The number of carbonyl (C=O) groups excluding carboxylic acids is 3. The number of ketones is 1. The van der Waals surface area contributed by atoms with E-state index >= 15 is 0 Å². The van der Waals surface area contributed by atoms with E-state index in [0.717, 1.165) is 12.0 Å². The van der Waals surface area contributed by atoms with Crippen LogP contribution < -0.4 is 10.6 Å². The molecule has 9 heteroatoms. The molecule has 5 atom stereocenters. The van der Waals surface area contributed by atoms with E-state index in [9.17, 15) is 18.8 Å². The number of ether oxygens (including phenoxy) is 1. The highest BCUT2D eigenvalue weighted by molar-refractivity contribution is 6.45. The maximum absolute atomic E-state index is 14.7. The summed E-state index contributed by atoms with van der Waals surface area (Å²) in [5, 5.41) is 13.9. The Hall–Kier alpha value is -3.59. The fraction of sp³-hybridized carbons (Fsp3) is 0.385. The second-order valence-electron chi connectivity index (χ2n) is 8.91. The topological polar surface area (TPSA) is 112 Å². The van der Waals surface area contributed by atoms with Gasteiger partial charge in [0.1, 0.15) is 24.0 Å². The number of hydrogen-bond donors (Lipinski definition) is 3. The molecule has 3 N–H and O–H groups in total. The first kappa shape index (κ1) is 24.5. The third-order valence-corrected chi connectivity index (χ3v) is 6.56. The quantitative estimate of drug-likeness (QED) is 0.477. The van der Waals surface area contributed by atoms with Crippen molar-refractivity contribution in [3.8, 4) is 0 Å². The number of amides is 2. The fourth-order valence-corrected chi connectivity index (χ4v) is 4.61. The van der Waals surface area contributed by atoms with Gasteiger partial charge in [-0.25, -0.2) is 4.39 Å². The van der Waals surface area contributed by atoms with Crippen molar-refractivity contribution in [2.45, 2.75) is 43.6 Å². The number of alkyl halides is 1. The predicted octanol–water partition coefficient (Wildman–Crippen LogP) is 2.29. The van der Waals surface area contributed by atoms with E-state index in [1.165, 1.54) is 18.9 Å². The molecule has 2 amide bonds. The smallest absolute Gasteiger partial charge is 0.245 e. The molecular weight excluding hydrogens is 451 g/mol. The van der Waals surface area contributed by atoms with Gasteiger partial charge in [-0.1, -0.05) is 48.5 Å². The molecule has 2 aromatic rings. The van der Waals surface area contributed by atoms with Crippen LogP contribution in [0.3, 0.4) is 0 Å². The Morgan fingerprint density at radius 1 is 1.11 bits per heavy atom. The van der Waals surface area contributed by atoms with E-state index in [2.05, 4.69) is 10.6 Å². The lowest BCUT2D eigenvalue weighted by molar-refractivity contribution is -0.140. The van der Waals surface area contributed by atoms with Crippen LogP contribution in [0.5, 0.6) is 0 Å². The Morgan fingerprint density at radius 2 is 1.80 bits per heavy atom. The van der Waals surface area contributed by atoms with Crippen LogP contribution in [0.25, 0.3) is 0 Å². The SMILES string of the molecule is CO[C@H]1[C@@H](C(=O)N[C@@H]2C[C@H]2c2ccccc2)N(C(=O)CNc2ccccc2C(=N)C(C)=O)C[C@@H]1F. The maximum Gasteiger partial charge on any atom is 0.245 e. The minimum absolute atomic E-state index is 0.0689. The number of carbonyl (C=O) groups is 3. The van der Waals surface area contributed by atoms with E-state index in [1.807, 2.05) is 30.3 Å². The summed E-state index contributed by atoms with van der Waals surface area (Å²) in [5.74, 6) is -1.12. The van der Waals surface area contributed by atoms with Gasteiger partial charge in [-0.3, -0.25) is 19.8 Å². The zero-order chi connectivity index (χ0) is 25.1. The molecule has 1 saturated carbocycles. The van der Waals surface area contributed by atoms with Gasteiger partial charge < -0.3 is 20.3 Å². The lowest BCUT2D eigenvalue weighted by atomic mass is 10.1. The number of likely N-dealkylation sites (tertiary alicyclic amines) is 1. The highest BCUT2D eigenvalue weighted by atomic mass is 19.1. The summed E-state index contributed by atoms with van der Waals surface area (Å²) in [5.41, 5.74) is 1.75. The molecule has 0 aromatic heterocycles. The molecule has 184 valence electrons. The van der Waals surface area contributed by atoms with Crippen molar-refractivity contribution in [3.63, 3.8) is 0 Å². The summed E-state index contributed by atoms with van der Waals surface area (Å²) >= 11 is 0. The first-order valence-electron chi connectivity index (χ1n) is 11.6. The molecule has 0 bridgehead atoms. The fourth-order valence-electron chi connectivity index (χ4n) is 4.61. The minimum Gasteiger partial charge on any atom is -0.376 e. The normalized spacial score (nSPS) is 25.1. The molecule has 1 saturated heterocycles. The summed E-state index contributed by atoms with van der Waals surface area (Å²) < 4.78 is 20.0. The van der Waals surface area contributed by atoms with E-state index < -0.39 is 35.9 Å².